The van der Waals surface area contributed by atoms with Gasteiger partial charge in [0.1, 0.15) is 10.1 Å². The minimum Gasteiger partial charge on any atom is -0.370 e. The van der Waals surface area contributed by atoms with E-state index in [-0.39, 0.29) is 5.91 Å². The Kier molecular flexibility index (Phi) is 4.04. The van der Waals surface area contributed by atoms with E-state index in [4.69, 9.17) is 0 Å². The number of nitrogens with zero attached hydrogens (tertiary/aromatic N) is 2. The summed E-state index contributed by atoms with van der Waals surface area (Å²) >= 11 is 3.36. The molecule has 24 heavy (non-hydrogen) atoms. The number of aromatic nitrogens is 1. The van der Waals surface area contributed by atoms with Crippen LogP contribution in [0.3, 0.4) is 0 Å². The van der Waals surface area contributed by atoms with Crippen molar-refractivity contribution >= 4 is 33.2 Å². The fraction of sp³-hybridized carbons (Fsp3) is 0.368. The number of pyridine rings is 1. The lowest BCUT2D eigenvalue weighted by Gasteiger charge is -2.45. The highest BCUT2D eigenvalue weighted by atomic mass is 79.9. The first-order chi connectivity index (χ1) is 11.7. The Labute approximate surface area is 150 Å². The van der Waals surface area contributed by atoms with Crippen LogP contribution in [0.4, 0.5) is 11.4 Å². The Bertz CT molecular complexity index is 753. The highest BCUT2D eigenvalue weighted by Gasteiger charge is 2.46. The summed E-state index contributed by atoms with van der Waals surface area (Å²) in [6.45, 7) is 0.555. The molecule has 1 aliphatic carbocycles. The van der Waals surface area contributed by atoms with Crippen molar-refractivity contribution in [1.82, 2.24) is 4.98 Å². The molecule has 1 aromatic heterocycles. The topological polar surface area (TPSA) is 45.2 Å². The molecule has 0 radical (unpaired) electrons. The van der Waals surface area contributed by atoms with Gasteiger partial charge in [-0.15, -0.1) is 0 Å². The summed E-state index contributed by atoms with van der Waals surface area (Å²) in [5, 5.41) is 3.57. The molecule has 4 rings (SSSR count). The zero-order valence-corrected chi connectivity index (χ0v) is 15.1. The molecule has 1 aliphatic heterocycles. The van der Waals surface area contributed by atoms with E-state index in [2.05, 4.69) is 32.3 Å². The molecular formula is C19H20BrN3O. The molecule has 1 saturated carbocycles. The number of hydrogen-bond donors (Lipinski definition) is 1. The lowest BCUT2D eigenvalue weighted by Crippen LogP contribution is -2.58. The Morgan fingerprint density at radius 3 is 2.67 bits per heavy atom. The van der Waals surface area contributed by atoms with E-state index in [1.54, 1.807) is 0 Å². The lowest BCUT2D eigenvalue weighted by atomic mass is 9.78. The Morgan fingerprint density at radius 1 is 1.12 bits per heavy atom. The van der Waals surface area contributed by atoms with E-state index in [0.717, 1.165) is 47.2 Å². The normalized spacial score (nSPS) is 19.0. The third-order valence-electron chi connectivity index (χ3n) is 5.06. The first-order valence-electron chi connectivity index (χ1n) is 8.48. The standard InChI is InChI=1S/C19H20BrN3O/c20-17-9-8-14(12-21-17)13-23-16-7-3-2-6-15(16)22-19(18(23)24)10-4-1-5-11-19/h2-3,6-9,12,22H,1,4-5,10-11,13H2. The van der Waals surface area contributed by atoms with Gasteiger partial charge in [-0.1, -0.05) is 37.5 Å². The summed E-state index contributed by atoms with van der Waals surface area (Å²) in [5.41, 5.74) is 2.62. The summed E-state index contributed by atoms with van der Waals surface area (Å²) in [5.74, 6) is 0.198. The molecule has 4 nitrogen and oxygen atoms in total. The molecule has 1 aromatic carbocycles. The van der Waals surface area contributed by atoms with Crippen LogP contribution >= 0.6 is 15.9 Å². The van der Waals surface area contributed by atoms with Crippen LogP contribution in [0.2, 0.25) is 0 Å². The van der Waals surface area contributed by atoms with Crippen LogP contribution < -0.4 is 10.2 Å². The molecule has 0 bridgehead atoms. The third-order valence-corrected chi connectivity index (χ3v) is 5.53. The molecule has 2 aliphatic rings. The summed E-state index contributed by atoms with van der Waals surface area (Å²) in [6.07, 6.45) is 7.08. The largest absolute Gasteiger partial charge is 0.370 e. The Morgan fingerprint density at radius 2 is 1.92 bits per heavy atom. The molecule has 124 valence electrons. The highest BCUT2D eigenvalue weighted by Crippen LogP contribution is 2.42. The van der Waals surface area contributed by atoms with Gasteiger partial charge in [0, 0.05) is 6.20 Å². The molecule has 2 heterocycles. The molecule has 1 spiro atoms. The van der Waals surface area contributed by atoms with Crippen LogP contribution in [0.15, 0.2) is 47.2 Å². The average Bonchev–Trinajstić information content (AvgIpc) is 2.61. The molecule has 0 atom stereocenters. The van der Waals surface area contributed by atoms with Gasteiger partial charge >= 0.3 is 0 Å². The molecular weight excluding hydrogens is 366 g/mol. The molecule has 2 aromatic rings. The van der Waals surface area contributed by atoms with Crippen LogP contribution in [-0.4, -0.2) is 16.4 Å². The first kappa shape index (κ1) is 15.6. The highest BCUT2D eigenvalue weighted by molar-refractivity contribution is 9.10. The van der Waals surface area contributed by atoms with Gasteiger partial charge in [-0.3, -0.25) is 4.79 Å². The number of para-hydroxylation sites is 2. The second-order valence-corrected chi connectivity index (χ2v) is 7.48. The summed E-state index contributed by atoms with van der Waals surface area (Å²) < 4.78 is 0.807. The van der Waals surface area contributed by atoms with E-state index in [1.165, 1.54) is 6.42 Å². The monoisotopic (exact) mass is 385 g/mol. The molecule has 5 heteroatoms. The van der Waals surface area contributed by atoms with Gasteiger partial charge in [0.2, 0.25) is 0 Å². The molecule has 1 fully saturated rings. The number of carbonyl (C=O) groups is 1. The molecule has 1 amide bonds. The van der Waals surface area contributed by atoms with Gasteiger partial charge in [-0.2, -0.15) is 0 Å². The number of halogens is 1. The lowest BCUT2D eigenvalue weighted by molar-refractivity contribution is -0.124. The van der Waals surface area contributed by atoms with E-state index in [9.17, 15) is 4.79 Å². The quantitative estimate of drug-likeness (QED) is 0.773. The maximum absolute atomic E-state index is 13.4. The number of nitrogens with one attached hydrogen (secondary N) is 1. The predicted octanol–water partition coefficient (Wildman–Crippen LogP) is 4.51. The minimum absolute atomic E-state index is 0.198. The fourth-order valence-corrected chi connectivity index (χ4v) is 4.06. The van der Waals surface area contributed by atoms with Gasteiger partial charge in [-0.05, 0) is 52.5 Å². The number of amides is 1. The zero-order valence-electron chi connectivity index (χ0n) is 13.5. The van der Waals surface area contributed by atoms with E-state index >= 15 is 0 Å². The van der Waals surface area contributed by atoms with Crippen molar-refractivity contribution in [3.8, 4) is 0 Å². The number of hydrogen-bond acceptors (Lipinski definition) is 3. The van der Waals surface area contributed by atoms with Crippen LogP contribution in [-0.2, 0) is 11.3 Å². The molecule has 1 N–H and O–H groups in total. The predicted molar refractivity (Wildman–Crippen MR) is 99.0 cm³/mol. The van der Waals surface area contributed by atoms with Crippen LogP contribution in [0.1, 0.15) is 37.7 Å². The zero-order chi connectivity index (χ0) is 16.6. The van der Waals surface area contributed by atoms with Crippen molar-refractivity contribution in [3.63, 3.8) is 0 Å². The van der Waals surface area contributed by atoms with Gasteiger partial charge in [-0.25, -0.2) is 4.98 Å². The van der Waals surface area contributed by atoms with Crippen molar-refractivity contribution in [2.45, 2.75) is 44.2 Å². The number of fused-ring (bicyclic) bond motifs is 1. The first-order valence-corrected chi connectivity index (χ1v) is 9.27. The number of carbonyl (C=O) groups excluding carboxylic acids is 1. The van der Waals surface area contributed by atoms with Gasteiger partial charge in [0.05, 0.1) is 17.9 Å². The van der Waals surface area contributed by atoms with Crippen LogP contribution in [0, 0.1) is 0 Å². The Balaban J connectivity index is 1.72. The van der Waals surface area contributed by atoms with Crippen molar-refractivity contribution in [2.75, 3.05) is 10.2 Å². The van der Waals surface area contributed by atoms with Crippen molar-refractivity contribution in [3.05, 3.63) is 52.8 Å². The third kappa shape index (κ3) is 2.71. The van der Waals surface area contributed by atoms with Crippen LogP contribution in [0.25, 0.3) is 0 Å². The van der Waals surface area contributed by atoms with E-state index < -0.39 is 5.54 Å². The van der Waals surface area contributed by atoms with Gasteiger partial charge in [0.25, 0.3) is 5.91 Å². The average molecular weight is 386 g/mol. The van der Waals surface area contributed by atoms with Gasteiger partial charge < -0.3 is 10.2 Å². The number of rotatable bonds is 2. The second-order valence-electron chi connectivity index (χ2n) is 6.67. The summed E-state index contributed by atoms with van der Waals surface area (Å²) in [4.78, 5) is 19.6. The molecule has 0 unspecified atom stereocenters. The van der Waals surface area contributed by atoms with E-state index in [0.29, 0.717) is 6.54 Å². The van der Waals surface area contributed by atoms with Crippen molar-refractivity contribution in [1.29, 1.82) is 0 Å². The second kappa shape index (κ2) is 6.20. The fourth-order valence-electron chi connectivity index (χ4n) is 3.83. The number of benzene rings is 1. The maximum atomic E-state index is 13.4. The van der Waals surface area contributed by atoms with E-state index in [1.807, 2.05) is 41.4 Å². The smallest absolute Gasteiger partial charge is 0.253 e. The summed E-state index contributed by atoms with van der Waals surface area (Å²) in [6, 6.07) is 12.0. The van der Waals surface area contributed by atoms with Crippen molar-refractivity contribution < 1.29 is 4.79 Å². The number of anilines is 2. The molecule has 0 saturated heterocycles. The Hall–Kier alpha value is -1.88. The maximum Gasteiger partial charge on any atom is 0.253 e. The summed E-state index contributed by atoms with van der Waals surface area (Å²) in [7, 11) is 0. The SMILES string of the molecule is O=C1N(Cc2ccc(Br)nc2)c2ccccc2NC12CCCCC2. The van der Waals surface area contributed by atoms with Crippen molar-refractivity contribution in [2.24, 2.45) is 0 Å². The van der Waals surface area contributed by atoms with Gasteiger partial charge in [0.15, 0.2) is 0 Å². The van der Waals surface area contributed by atoms with Crippen LogP contribution in [0.5, 0.6) is 0 Å². The minimum atomic E-state index is -0.435.